The van der Waals surface area contributed by atoms with Gasteiger partial charge in [-0.05, 0) is 110 Å². The molecule has 2 N–H and O–H groups in total. The normalized spacial score (nSPS) is 49.9. The molecule has 0 aromatic rings. The average molecular weight is 407 g/mol. The maximum Gasteiger partial charge on any atom is 0.0543 e. The van der Waals surface area contributed by atoms with Crippen LogP contribution in [0.2, 0.25) is 0 Å². The fourth-order valence-electron chi connectivity index (χ4n) is 9.31. The number of hydrogen-bond donors (Lipinski definition) is 2. The van der Waals surface area contributed by atoms with E-state index >= 15 is 0 Å². The van der Waals surface area contributed by atoms with Crippen molar-refractivity contribution in [2.24, 2.45) is 52.3 Å². The summed E-state index contributed by atoms with van der Waals surface area (Å²) in [5, 5.41) is 19.9. The number of aliphatic hydroxyl groups is 2. The maximum absolute atomic E-state index is 10.4. The quantitative estimate of drug-likeness (QED) is 0.546. The number of rotatable bonds is 4. The van der Waals surface area contributed by atoms with Gasteiger partial charge in [0.25, 0.3) is 0 Å². The van der Waals surface area contributed by atoms with E-state index in [1.165, 1.54) is 44.9 Å². The molecule has 4 saturated carbocycles. The summed E-state index contributed by atoms with van der Waals surface area (Å²) in [6.45, 7) is 14.4. The Hall–Kier alpha value is -0.0800. The van der Waals surface area contributed by atoms with Gasteiger partial charge in [-0.2, -0.15) is 0 Å². The van der Waals surface area contributed by atoms with Gasteiger partial charge in [0, 0.05) is 6.61 Å². The van der Waals surface area contributed by atoms with E-state index < -0.39 is 0 Å². The van der Waals surface area contributed by atoms with Gasteiger partial charge in [-0.1, -0.05) is 48.0 Å². The maximum atomic E-state index is 10.4. The first-order chi connectivity index (χ1) is 13.8. The average Bonchev–Trinajstić information content (AvgIpc) is 3.07. The second-order valence-corrected chi connectivity index (χ2v) is 11.5. The molecule has 0 bridgehead atoms. The Morgan fingerprint density at radius 1 is 0.897 bits per heavy atom. The molecular weight excluding hydrogens is 356 g/mol. The van der Waals surface area contributed by atoms with Crippen LogP contribution in [0.25, 0.3) is 0 Å². The molecule has 10 atom stereocenters. The van der Waals surface area contributed by atoms with Crippen molar-refractivity contribution in [3.05, 3.63) is 0 Å². The molecular formula is C27H50O2. The predicted molar refractivity (Wildman–Crippen MR) is 123 cm³/mol. The number of fused-ring (bicyclic) bond motifs is 5. The summed E-state index contributed by atoms with van der Waals surface area (Å²) in [4.78, 5) is 0. The standard InChI is InChI=1S/C25H44O2.C2H6/c1-5-17-14-19-21-7-6-20(16(2)10-13-26)24(21,3)12-9-22(19)25(4)11-8-18(27)15-23(17)25;1-2/h16-23,26-27H,5-15H2,1-4H3;1-2H3/t16-,17+,18-,19?,20-,21?,22+,23?,24?,25?;/m1./s1. The van der Waals surface area contributed by atoms with Crippen molar-refractivity contribution in [2.75, 3.05) is 6.61 Å². The highest BCUT2D eigenvalue weighted by Crippen LogP contribution is 2.69. The molecule has 0 saturated heterocycles. The third-order valence-electron chi connectivity index (χ3n) is 10.7. The molecule has 0 radical (unpaired) electrons. The summed E-state index contributed by atoms with van der Waals surface area (Å²) >= 11 is 0. The lowest BCUT2D eigenvalue weighted by molar-refractivity contribution is -0.152. The minimum Gasteiger partial charge on any atom is -0.396 e. The van der Waals surface area contributed by atoms with Crippen molar-refractivity contribution in [3.63, 3.8) is 0 Å². The molecule has 0 heterocycles. The molecule has 4 fully saturated rings. The van der Waals surface area contributed by atoms with E-state index in [0.29, 0.717) is 23.4 Å². The Labute approximate surface area is 181 Å². The zero-order valence-electron chi connectivity index (χ0n) is 20.3. The highest BCUT2D eigenvalue weighted by molar-refractivity contribution is 5.11. The fourth-order valence-corrected chi connectivity index (χ4v) is 9.31. The zero-order valence-corrected chi connectivity index (χ0v) is 20.3. The van der Waals surface area contributed by atoms with Crippen LogP contribution in [0.1, 0.15) is 106 Å². The van der Waals surface area contributed by atoms with Gasteiger partial charge in [-0.25, -0.2) is 0 Å². The highest BCUT2D eigenvalue weighted by atomic mass is 16.3. The van der Waals surface area contributed by atoms with Gasteiger partial charge >= 0.3 is 0 Å². The molecule has 4 aliphatic rings. The van der Waals surface area contributed by atoms with Crippen molar-refractivity contribution in [3.8, 4) is 0 Å². The molecule has 2 heteroatoms. The van der Waals surface area contributed by atoms with Crippen LogP contribution in [0.5, 0.6) is 0 Å². The van der Waals surface area contributed by atoms with Gasteiger partial charge in [-0.3, -0.25) is 0 Å². The van der Waals surface area contributed by atoms with Crippen LogP contribution in [-0.2, 0) is 0 Å². The van der Waals surface area contributed by atoms with Crippen molar-refractivity contribution in [1.82, 2.24) is 0 Å². The SMILES string of the molecule is CC.CC[C@H]1CC2C3CC[C@H]([C@H](C)CCO)C3(C)CC[C@@H]2C2(C)CC[C@@H](O)CC12. The third-order valence-corrected chi connectivity index (χ3v) is 10.7. The number of hydrogen-bond acceptors (Lipinski definition) is 2. The number of aliphatic hydroxyl groups excluding tert-OH is 2. The van der Waals surface area contributed by atoms with Crippen molar-refractivity contribution < 1.29 is 10.2 Å². The lowest BCUT2D eigenvalue weighted by Gasteiger charge is -2.63. The molecule has 0 aromatic carbocycles. The molecule has 0 spiro atoms. The molecule has 0 aromatic heterocycles. The molecule has 4 rings (SSSR count). The Balaban J connectivity index is 0.00000117. The Bertz CT molecular complexity index is 533. The van der Waals surface area contributed by atoms with Crippen molar-refractivity contribution in [2.45, 2.75) is 112 Å². The van der Waals surface area contributed by atoms with Crippen LogP contribution >= 0.6 is 0 Å². The van der Waals surface area contributed by atoms with Crippen LogP contribution in [-0.4, -0.2) is 22.9 Å². The summed E-state index contributed by atoms with van der Waals surface area (Å²) in [6, 6.07) is 0. The van der Waals surface area contributed by atoms with E-state index in [9.17, 15) is 10.2 Å². The lowest BCUT2D eigenvalue weighted by atomic mass is 9.42. The van der Waals surface area contributed by atoms with Gasteiger partial charge in [0.15, 0.2) is 0 Å². The Kier molecular flexibility index (Phi) is 7.47. The van der Waals surface area contributed by atoms with Gasteiger partial charge in [0.1, 0.15) is 0 Å². The molecule has 4 aliphatic carbocycles. The monoisotopic (exact) mass is 406 g/mol. The summed E-state index contributed by atoms with van der Waals surface area (Å²) in [7, 11) is 0. The highest BCUT2D eigenvalue weighted by Gasteiger charge is 2.62. The molecule has 0 aliphatic heterocycles. The Morgan fingerprint density at radius 2 is 1.55 bits per heavy atom. The van der Waals surface area contributed by atoms with Gasteiger partial charge in [0.2, 0.25) is 0 Å². The van der Waals surface area contributed by atoms with Crippen LogP contribution in [0, 0.1) is 52.3 Å². The van der Waals surface area contributed by atoms with Gasteiger partial charge < -0.3 is 10.2 Å². The minimum atomic E-state index is -0.0438. The summed E-state index contributed by atoms with van der Waals surface area (Å²) in [5.74, 6) is 5.76. The first-order valence-corrected chi connectivity index (χ1v) is 13.1. The van der Waals surface area contributed by atoms with E-state index in [4.69, 9.17) is 0 Å². The van der Waals surface area contributed by atoms with E-state index in [-0.39, 0.29) is 6.10 Å². The van der Waals surface area contributed by atoms with E-state index in [1.54, 1.807) is 0 Å². The molecule has 0 amide bonds. The van der Waals surface area contributed by atoms with Crippen LogP contribution in [0.4, 0.5) is 0 Å². The molecule has 29 heavy (non-hydrogen) atoms. The summed E-state index contributed by atoms with van der Waals surface area (Å²) < 4.78 is 0. The van der Waals surface area contributed by atoms with E-state index in [0.717, 1.165) is 54.8 Å². The second-order valence-electron chi connectivity index (χ2n) is 11.5. The van der Waals surface area contributed by atoms with Crippen molar-refractivity contribution >= 4 is 0 Å². The fraction of sp³-hybridized carbons (Fsp3) is 1.00. The van der Waals surface area contributed by atoms with Crippen LogP contribution in [0.3, 0.4) is 0 Å². The zero-order chi connectivity index (χ0) is 21.4. The first-order valence-electron chi connectivity index (χ1n) is 13.1. The molecule has 2 nitrogen and oxygen atoms in total. The third kappa shape index (κ3) is 3.84. The van der Waals surface area contributed by atoms with Gasteiger partial charge in [0.05, 0.1) is 6.10 Å². The lowest BCUT2D eigenvalue weighted by Crippen LogP contribution is -2.56. The largest absolute Gasteiger partial charge is 0.396 e. The van der Waals surface area contributed by atoms with E-state index in [1.807, 2.05) is 13.8 Å². The Morgan fingerprint density at radius 3 is 2.21 bits per heavy atom. The first kappa shape index (κ1) is 23.6. The smallest absolute Gasteiger partial charge is 0.0543 e. The predicted octanol–water partition coefficient (Wildman–Crippen LogP) is 6.69. The summed E-state index contributed by atoms with van der Waals surface area (Å²) in [6.07, 6.45) is 12.7. The molecule has 5 unspecified atom stereocenters. The second kappa shape index (κ2) is 9.19. The topological polar surface area (TPSA) is 40.5 Å². The van der Waals surface area contributed by atoms with Crippen molar-refractivity contribution in [1.29, 1.82) is 0 Å². The summed E-state index contributed by atoms with van der Waals surface area (Å²) in [5.41, 5.74) is 0.977. The van der Waals surface area contributed by atoms with E-state index in [2.05, 4.69) is 27.7 Å². The van der Waals surface area contributed by atoms with Gasteiger partial charge in [-0.15, -0.1) is 0 Å². The van der Waals surface area contributed by atoms with Crippen LogP contribution in [0.15, 0.2) is 0 Å². The minimum absolute atomic E-state index is 0.0438. The molecule has 170 valence electrons. The van der Waals surface area contributed by atoms with Crippen LogP contribution < -0.4 is 0 Å².